The molecule has 3 atom stereocenters. The number of benzene rings is 2. The molecule has 34 heavy (non-hydrogen) atoms. The molecule has 0 spiro atoms. The van der Waals surface area contributed by atoms with Crippen LogP contribution in [-0.2, 0) is 17.3 Å². The first-order valence-corrected chi connectivity index (χ1v) is 12.8. The summed E-state index contributed by atoms with van der Waals surface area (Å²) in [6.45, 7) is 11.1. The van der Waals surface area contributed by atoms with Crippen molar-refractivity contribution in [1.29, 1.82) is 0 Å². The molecule has 0 radical (unpaired) electrons. The van der Waals surface area contributed by atoms with Gasteiger partial charge in [-0.25, -0.2) is 4.79 Å². The van der Waals surface area contributed by atoms with Crippen LogP contribution in [0.15, 0.2) is 42.5 Å². The van der Waals surface area contributed by atoms with Gasteiger partial charge in [0.15, 0.2) is 0 Å². The van der Waals surface area contributed by atoms with Gasteiger partial charge in [-0.05, 0) is 84.5 Å². The molecule has 2 bridgehead atoms. The summed E-state index contributed by atoms with van der Waals surface area (Å²) in [5.74, 6) is 1.12. The van der Waals surface area contributed by atoms with Crippen LogP contribution in [0.25, 0.3) is 0 Å². The predicted octanol–water partition coefficient (Wildman–Crippen LogP) is 5.52. The Kier molecular flexibility index (Phi) is 5.67. The Balaban J connectivity index is 1.43. The van der Waals surface area contributed by atoms with Gasteiger partial charge in [-0.15, -0.1) is 0 Å². The first-order valence-electron chi connectivity index (χ1n) is 12.8. The molecule has 1 saturated carbocycles. The predicted molar refractivity (Wildman–Crippen MR) is 138 cm³/mol. The summed E-state index contributed by atoms with van der Waals surface area (Å²) < 4.78 is 0. The lowest BCUT2D eigenvalue weighted by Crippen LogP contribution is -2.68. The normalized spacial score (nSPS) is 26.6. The summed E-state index contributed by atoms with van der Waals surface area (Å²) in [6.07, 6.45) is 4.56. The van der Waals surface area contributed by atoms with E-state index in [4.69, 9.17) is 0 Å². The van der Waals surface area contributed by atoms with Gasteiger partial charge in [0, 0.05) is 30.7 Å². The number of nitrogens with zero attached hydrogens (tertiary/aromatic N) is 2. The van der Waals surface area contributed by atoms with Crippen LogP contribution in [0.1, 0.15) is 63.6 Å². The zero-order chi connectivity index (χ0) is 24.3. The summed E-state index contributed by atoms with van der Waals surface area (Å²) in [5, 5.41) is 13.4. The van der Waals surface area contributed by atoms with Crippen molar-refractivity contribution in [1.82, 2.24) is 9.80 Å². The molecule has 182 valence electrons. The third-order valence-electron chi connectivity index (χ3n) is 8.47. The van der Waals surface area contributed by atoms with Gasteiger partial charge in [0.1, 0.15) is 5.75 Å². The molecule has 5 nitrogen and oxygen atoms in total. The maximum Gasteiger partial charge on any atom is 0.321 e. The second kappa shape index (κ2) is 8.30. The van der Waals surface area contributed by atoms with Crippen LogP contribution in [0.2, 0.25) is 0 Å². The van der Waals surface area contributed by atoms with E-state index in [-0.39, 0.29) is 28.9 Å². The van der Waals surface area contributed by atoms with E-state index in [1.807, 2.05) is 30.1 Å². The van der Waals surface area contributed by atoms with Crippen LogP contribution in [0.3, 0.4) is 0 Å². The molecule has 0 unspecified atom stereocenters. The van der Waals surface area contributed by atoms with E-state index in [0.717, 1.165) is 37.5 Å². The Morgan fingerprint density at radius 1 is 1.18 bits per heavy atom. The van der Waals surface area contributed by atoms with E-state index in [9.17, 15) is 9.90 Å². The van der Waals surface area contributed by atoms with Gasteiger partial charge in [-0.1, -0.05) is 45.9 Å². The van der Waals surface area contributed by atoms with Crippen LogP contribution in [0.4, 0.5) is 10.5 Å². The summed E-state index contributed by atoms with van der Waals surface area (Å²) in [6, 6.07) is 14.3. The number of nitrogens with one attached hydrogen (secondary N) is 1. The number of carbonyl (C=O) groups is 1. The Morgan fingerprint density at radius 3 is 2.53 bits per heavy atom. The molecule has 1 aliphatic heterocycles. The zero-order valence-electron chi connectivity index (χ0n) is 21.3. The Bertz CT molecular complexity index is 1070. The molecule has 2 aliphatic carbocycles. The fourth-order valence-electron chi connectivity index (χ4n) is 6.28. The number of piperidine rings is 1. The molecule has 0 aromatic heterocycles. The minimum Gasteiger partial charge on any atom is -0.508 e. The van der Waals surface area contributed by atoms with Crippen LogP contribution in [0, 0.1) is 5.92 Å². The van der Waals surface area contributed by atoms with Gasteiger partial charge in [0.2, 0.25) is 0 Å². The highest BCUT2D eigenvalue weighted by Gasteiger charge is 2.53. The lowest BCUT2D eigenvalue weighted by Gasteiger charge is -2.58. The first-order chi connectivity index (χ1) is 16.1. The van der Waals surface area contributed by atoms with Crippen molar-refractivity contribution in [2.24, 2.45) is 5.92 Å². The second-order valence-electron chi connectivity index (χ2n) is 12.0. The number of hydrogen-bond donors (Lipinski definition) is 2. The number of likely N-dealkylation sites (tertiary alicyclic amines) is 1. The van der Waals surface area contributed by atoms with Crippen molar-refractivity contribution < 1.29 is 9.90 Å². The number of amides is 2. The number of fused-ring (bicyclic) bond motifs is 4. The summed E-state index contributed by atoms with van der Waals surface area (Å²) in [7, 11) is 1.95. The molecular weight excluding hydrogens is 422 g/mol. The Labute approximate surface area is 204 Å². The largest absolute Gasteiger partial charge is 0.508 e. The summed E-state index contributed by atoms with van der Waals surface area (Å²) in [5.41, 5.74) is 4.48. The standard InChI is InChI=1S/C29H39N3O2/c1-28(2,3)21-9-11-22(12-10-21)30-27(34)31(5)26-25-16-20-8-13-23(33)17-24(20)29(26,4)14-15-32(25)18-19-6-7-19/h8-13,17,19,25-26,33H,6-7,14-16,18H2,1-5H3,(H,30,34)/t25-,26-,29-/m1/s1. The molecule has 1 saturated heterocycles. The molecule has 2 N–H and O–H groups in total. The maximum atomic E-state index is 13.5. The number of phenols is 1. The number of rotatable bonds is 4. The number of likely N-dealkylation sites (N-methyl/N-ethyl adjacent to an activating group) is 1. The molecule has 5 heteroatoms. The highest BCUT2D eigenvalue weighted by Crippen LogP contribution is 2.48. The zero-order valence-corrected chi connectivity index (χ0v) is 21.3. The molecule has 1 heterocycles. The number of carbonyl (C=O) groups excluding carboxylic acids is 1. The number of phenolic OH excluding ortho intramolecular Hbond substituents is 1. The highest BCUT2D eigenvalue weighted by atomic mass is 16.3. The molecule has 2 aromatic carbocycles. The van der Waals surface area contributed by atoms with Crippen molar-refractivity contribution in [3.63, 3.8) is 0 Å². The number of anilines is 1. The minimum absolute atomic E-state index is 0.0446. The molecule has 2 amide bonds. The van der Waals surface area contributed by atoms with Gasteiger partial charge >= 0.3 is 6.03 Å². The van der Waals surface area contributed by atoms with Crippen molar-refractivity contribution in [2.45, 2.75) is 76.3 Å². The van der Waals surface area contributed by atoms with Crippen molar-refractivity contribution in [3.8, 4) is 5.75 Å². The smallest absolute Gasteiger partial charge is 0.321 e. The lowest BCUT2D eigenvalue weighted by molar-refractivity contribution is 0.00456. The monoisotopic (exact) mass is 461 g/mol. The van der Waals surface area contributed by atoms with Crippen molar-refractivity contribution in [2.75, 3.05) is 25.5 Å². The first kappa shape index (κ1) is 23.2. The summed E-state index contributed by atoms with van der Waals surface area (Å²) in [4.78, 5) is 18.1. The van der Waals surface area contributed by atoms with E-state index in [1.165, 1.54) is 29.5 Å². The topological polar surface area (TPSA) is 55.8 Å². The van der Waals surface area contributed by atoms with Crippen LogP contribution in [0.5, 0.6) is 5.75 Å². The Morgan fingerprint density at radius 2 is 1.88 bits per heavy atom. The van der Waals surface area contributed by atoms with E-state index in [1.54, 1.807) is 6.07 Å². The van der Waals surface area contributed by atoms with Crippen molar-refractivity contribution in [3.05, 3.63) is 59.2 Å². The van der Waals surface area contributed by atoms with Gasteiger partial charge in [0.05, 0.1) is 6.04 Å². The second-order valence-corrected chi connectivity index (χ2v) is 12.0. The van der Waals surface area contributed by atoms with Gasteiger partial charge in [0.25, 0.3) is 0 Å². The third-order valence-corrected chi connectivity index (χ3v) is 8.47. The van der Waals surface area contributed by atoms with E-state index < -0.39 is 0 Å². The highest BCUT2D eigenvalue weighted by molar-refractivity contribution is 5.89. The molecule has 3 aliphatic rings. The molecule has 5 rings (SSSR count). The molecule has 2 fully saturated rings. The maximum absolute atomic E-state index is 13.5. The number of hydrogen-bond acceptors (Lipinski definition) is 3. The summed E-state index contributed by atoms with van der Waals surface area (Å²) >= 11 is 0. The molecule has 2 aromatic rings. The van der Waals surface area contributed by atoms with E-state index in [2.05, 4.69) is 56.1 Å². The van der Waals surface area contributed by atoms with E-state index in [0.29, 0.717) is 5.75 Å². The average Bonchev–Trinajstić information content (AvgIpc) is 3.60. The number of aromatic hydroxyl groups is 1. The third kappa shape index (κ3) is 4.19. The Hall–Kier alpha value is -2.53. The van der Waals surface area contributed by atoms with Crippen LogP contribution < -0.4 is 5.32 Å². The fraction of sp³-hybridized carbons (Fsp3) is 0.552. The SMILES string of the molecule is CN(C(=O)Nc1ccc(C(C)(C)C)cc1)[C@@H]1[C@H]2Cc3ccc(O)cc3[C@@]1(C)CCN2CC1CC1. The lowest BCUT2D eigenvalue weighted by atomic mass is 9.61. The quantitative estimate of drug-likeness (QED) is 0.630. The van der Waals surface area contributed by atoms with Crippen LogP contribution >= 0.6 is 0 Å². The van der Waals surface area contributed by atoms with Crippen molar-refractivity contribution >= 4 is 11.7 Å². The van der Waals surface area contributed by atoms with Crippen LogP contribution in [-0.4, -0.2) is 53.2 Å². The van der Waals surface area contributed by atoms with E-state index >= 15 is 0 Å². The average molecular weight is 462 g/mol. The number of urea groups is 1. The van der Waals surface area contributed by atoms with Gasteiger partial charge < -0.3 is 15.3 Å². The molecular formula is C29H39N3O2. The minimum atomic E-state index is -0.195. The van der Waals surface area contributed by atoms with Gasteiger partial charge in [-0.2, -0.15) is 0 Å². The van der Waals surface area contributed by atoms with Gasteiger partial charge in [-0.3, -0.25) is 4.90 Å². The fourth-order valence-corrected chi connectivity index (χ4v) is 6.28.